The normalized spacial score (nSPS) is 12.7. The van der Waals surface area contributed by atoms with Crippen LogP contribution in [-0.4, -0.2) is 5.11 Å². The lowest BCUT2D eigenvalue weighted by Gasteiger charge is -2.09. The quantitative estimate of drug-likeness (QED) is 0.912. The van der Waals surface area contributed by atoms with Crippen LogP contribution in [0.4, 0.5) is 0 Å². The molecule has 0 aliphatic rings. The average Bonchev–Trinajstić information content (AvgIpc) is 2.65. The molecule has 0 radical (unpaired) electrons. The largest absolute Gasteiger partial charge is 0.451 e. The third-order valence-electron chi connectivity index (χ3n) is 2.06. The Morgan fingerprint density at radius 2 is 1.93 bits per heavy atom. The van der Waals surface area contributed by atoms with E-state index in [-0.39, 0.29) is 0 Å². The zero-order chi connectivity index (χ0) is 10.8. The Morgan fingerprint density at radius 1 is 1.20 bits per heavy atom. The van der Waals surface area contributed by atoms with Crippen molar-refractivity contribution in [2.24, 2.45) is 0 Å². The van der Waals surface area contributed by atoms with Crippen molar-refractivity contribution in [3.05, 3.63) is 57.4 Å². The highest BCUT2D eigenvalue weighted by Gasteiger charge is 2.16. The topological polar surface area (TPSA) is 33.4 Å². The van der Waals surface area contributed by atoms with Crippen molar-refractivity contribution in [2.45, 2.75) is 6.10 Å². The van der Waals surface area contributed by atoms with Gasteiger partial charge in [-0.2, -0.15) is 0 Å². The van der Waals surface area contributed by atoms with Gasteiger partial charge in [0.15, 0.2) is 4.67 Å². The fourth-order valence-electron chi connectivity index (χ4n) is 1.33. The van der Waals surface area contributed by atoms with Crippen LogP contribution in [-0.2, 0) is 0 Å². The number of aliphatic hydroxyl groups is 1. The Balaban J connectivity index is 2.36. The second-order valence-electron chi connectivity index (χ2n) is 3.07. The Kier molecular flexibility index (Phi) is 3.14. The van der Waals surface area contributed by atoms with E-state index < -0.39 is 6.10 Å². The maximum absolute atomic E-state index is 9.99. The average molecular weight is 288 g/mol. The van der Waals surface area contributed by atoms with Gasteiger partial charge in [-0.25, -0.2) is 0 Å². The van der Waals surface area contributed by atoms with E-state index in [1.807, 2.05) is 12.1 Å². The molecule has 1 heterocycles. The van der Waals surface area contributed by atoms with Gasteiger partial charge in [-0.15, -0.1) is 0 Å². The number of benzene rings is 1. The van der Waals surface area contributed by atoms with E-state index >= 15 is 0 Å². The van der Waals surface area contributed by atoms with Gasteiger partial charge in [0.1, 0.15) is 11.9 Å². The van der Waals surface area contributed by atoms with Crippen LogP contribution in [0, 0.1) is 0 Å². The molecule has 1 aromatic heterocycles. The fraction of sp³-hybridized carbons (Fsp3) is 0.0909. The minimum atomic E-state index is -0.829. The van der Waals surface area contributed by atoms with Crippen molar-refractivity contribution in [1.29, 1.82) is 0 Å². The van der Waals surface area contributed by atoms with E-state index in [0.717, 1.165) is 0 Å². The molecule has 0 spiro atoms. The van der Waals surface area contributed by atoms with Crippen molar-refractivity contribution < 1.29 is 9.52 Å². The first-order valence-corrected chi connectivity index (χ1v) is 5.53. The van der Waals surface area contributed by atoms with Crippen molar-refractivity contribution in [2.75, 3.05) is 0 Å². The van der Waals surface area contributed by atoms with E-state index in [4.69, 9.17) is 16.0 Å². The van der Waals surface area contributed by atoms with Gasteiger partial charge >= 0.3 is 0 Å². The lowest BCUT2D eigenvalue weighted by molar-refractivity contribution is 0.188. The van der Waals surface area contributed by atoms with Crippen LogP contribution in [0.1, 0.15) is 17.4 Å². The zero-order valence-corrected chi connectivity index (χ0v) is 9.99. The molecule has 1 unspecified atom stereocenters. The standard InChI is InChI=1S/C11H8BrClO2/c12-10-6-5-9(15-10)11(14)7-3-1-2-4-8(7)13/h1-6,11,14H. The summed E-state index contributed by atoms with van der Waals surface area (Å²) >= 11 is 9.14. The molecule has 2 rings (SSSR count). The van der Waals surface area contributed by atoms with E-state index in [9.17, 15) is 5.11 Å². The van der Waals surface area contributed by atoms with Crippen molar-refractivity contribution in [3.63, 3.8) is 0 Å². The monoisotopic (exact) mass is 286 g/mol. The van der Waals surface area contributed by atoms with Gasteiger partial charge < -0.3 is 9.52 Å². The molecule has 2 nitrogen and oxygen atoms in total. The summed E-state index contributed by atoms with van der Waals surface area (Å²) in [6.07, 6.45) is -0.829. The number of aliphatic hydroxyl groups excluding tert-OH is 1. The molecule has 0 saturated heterocycles. The molecule has 1 atom stereocenters. The highest BCUT2D eigenvalue weighted by atomic mass is 79.9. The Hall–Kier alpha value is -0.770. The van der Waals surface area contributed by atoms with Gasteiger partial charge in [0, 0.05) is 10.6 Å². The molecule has 1 N–H and O–H groups in total. The second kappa shape index (κ2) is 4.39. The molecular formula is C11H8BrClO2. The summed E-state index contributed by atoms with van der Waals surface area (Å²) in [7, 11) is 0. The lowest BCUT2D eigenvalue weighted by atomic mass is 10.1. The van der Waals surface area contributed by atoms with Crippen molar-refractivity contribution >= 4 is 27.5 Å². The van der Waals surface area contributed by atoms with Crippen LogP contribution >= 0.6 is 27.5 Å². The minimum absolute atomic E-state index is 0.468. The summed E-state index contributed by atoms with van der Waals surface area (Å²) in [6, 6.07) is 10.6. The number of halogens is 2. The first-order valence-electron chi connectivity index (χ1n) is 4.36. The minimum Gasteiger partial charge on any atom is -0.451 e. The first kappa shape index (κ1) is 10.7. The van der Waals surface area contributed by atoms with Crippen LogP contribution in [0.25, 0.3) is 0 Å². The predicted molar refractivity (Wildman–Crippen MR) is 61.9 cm³/mol. The number of rotatable bonds is 2. The van der Waals surface area contributed by atoms with Gasteiger partial charge in [0.25, 0.3) is 0 Å². The molecular weight excluding hydrogens is 279 g/mol. The van der Waals surface area contributed by atoms with Gasteiger partial charge in [-0.1, -0.05) is 29.8 Å². The third-order valence-corrected chi connectivity index (χ3v) is 2.83. The highest BCUT2D eigenvalue weighted by molar-refractivity contribution is 9.10. The molecule has 0 aliphatic heterocycles. The summed E-state index contributed by atoms with van der Waals surface area (Å²) < 4.78 is 5.85. The Labute approximate surface area is 101 Å². The number of hydrogen-bond acceptors (Lipinski definition) is 2. The molecule has 2 aromatic rings. The fourth-order valence-corrected chi connectivity index (χ4v) is 1.88. The van der Waals surface area contributed by atoms with E-state index in [1.165, 1.54) is 0 Å². The summed E-state index contributed by atoms with van der Waals surface area (Å²) in [5.74, 6) is 0.468. The van der Waals surface area contributed by atoms with Gasteiger partial charge in [-0.3, -0.25) is 0 Å². The van der Waals surface area contributed by atoms with Gasteiger partial charge in [0.05, 0.1) is 0 Å². The predicted octanol–water partition coefficient (Wildman–Crippen LogP) is 3.78. The Bertz CT molecular complexity index is 467. The highest BCUT2D eigenvalue weighted by Crippen LogP contribution is 2.30. The summed E-state index contributed by atoms with van der Waals surface area (Å²) in [5, 5.41) is 10.5. The summed E-state index contributed by atoms with van der Waals surface area (Å²) in [5.41, 5.74) is 0.640. The molecule has 78 valence electrons. The van der Waals surface area contributed by atoms with Crippen LogP contribution in [0.5, 0.6) is 0 Å². The maximum atomic E-state index is 9.99. The molecule has 15 heavy (non-hydrogen) atoms. The van der Waals surface area contributed by atoms with Crippen molar-refractivity contribution in [1.82, 2.24) is 0 Å². The number of hydrogen-bond donors (Lipinski definition) is 1. The Morgan fingerprint density at radius 3 is 2.53 bits per heavy atom. The zero-order valence-electron chi connectivity index (χ0n) is 7.65. The molecule has 1 aromatic carbocycles. The van der Waals surface area contributed by atoms with Crippen LogP contribution in [0.3, 0.4) is 0 Å². The van der Waals surface area contributed by atoms with E-state index in [1.54, 1.807) is 24.3 Å². The molecule has 0 bridgehead atoms. The summed E-state index contributed by atoms with van der Waals surface area (Å²) in [6.45, 7) is 0. The van der Waals surface area contributed by atoms with E-state index in [2.05, 4.69) is 15.9 Å². The molecule has 4 heteroatoms. The van der Waals surface area contributed by atoms with Crippen LogP contribution in [0.2, 0.25) is 5.02 Å². The third kappa shape index (κ3) is 2.25. The molecule has 0 fully saturated rings. The molecule has 0 amide bonds. The van der Waals surface area contributed by atoms with Crippen molar-refractivity contribution in [3.8, 4) is 0 Å². The smallest absolute Gasteiger partial charge is 0.169 e. The number of furan rings is 1. The molecule has 0 saturated carbocycles. The van der Waals surface area contributed by atoms with Crippen LogP contribution < -0.4 is 0 Å². The first-order chi connectivity index (χ1) is 7.18. The van der Waals surface area contributed by atoms with E-state index in [0.29, 0.717) is 21.0 Å². The second-order valence-corrected chi connectivity index (χ2v) is 4.25. The SMILES string of the molecule is OC(c1ccc(Br)o1)c1ccccc1Cl. The van der Waals surface area contributed by atoms with Gasteiger partial charge in [0.2, 0.25) is 0 Å². The van der Waals surface area contributed by atoms with Gasteiger partial charge in [-0.05, 0) is 34.1 Å². The maximum Gasteiger partial charge on any atom is 0.169 e. The van der Waals surface area contributed by atoms with Crippen LogP contribution in [0.15, 0.2) is 45.5 Å². The lowest BCUT2D eigenvalue weighted by Crippen LogP contribution is -1.98. The molecule has 0 aliphatic carbocycles. The summed E-state index contributed by atoms with van der Waals surface area (Å²) in [4.78, 5) is 0.